The molecule has 0 aromatic heterocycles. The van der Waals surface area contributed by atoms with E-state index in [0.717, 1.165) is 18.2 Å². The summed E-state index contributed by atoms with van der Waals surface area (Å²) in [7, 11) is 0. The van der Waals surface area contributed by atoms with E-state index in [9.17, 15) is 14.3 Å². The van der Waals surface area contributed by atoms with Crippen LogP contribution in [0.4, 0.5) is 4.39 Å². The highest BCUT2D eigenvalue weighted by molar-refractivity contribution is 5.86. The van der Waals surface area contributed by atoms with Crippen LogP contribution in [0.5, 0.6) is 5.75 Å². The lowest BCUT2D eigenvalue weighted by atomic mass is 10.2. The highest BCUT2D eigenvalue weighted by atomic mass is 19.1. The molecule has 1 rings (SSSR count). The number of halogens is 1. The molecule has 0 heterocycles. The number of rotatable bonds is 6. The minimum Gasteiger partial charge on any atom is -0.545 e. The van der Waals surface area contributed by atoms with Crippen LogP contribution in [0.25, 0.3) is 0 Å². The Labute approximate surface area is 112 Å². The molecule has 0 aliphatic heterocycles. The monoisotopic (exact) mass is 269 g/mol. The first kappa shape index (κ1) is 15.4. The molecule has 0 spiro atoms. The van der Waals surface area contributed by atoms with Gasteiger partial charge in [0.25, 0.3) is 0 Å². The molecule has 1 atom stereocenters. The van der Waals surface area contributed by atoms with Crippen LogP contribution in [0.15, 0.2) is 18.2 Å². The molecule has 0 aliphatic carbocycles. The summed E-state index contributed by atoms with van der Waals surface area (Å²) in [5.74, 6) is -2.17. The summed E-state index contributed by atoms with van der Waals surface area (Å²) >= 11 is 0. The molecule has 0 radical (unpaired) electrons. The Morgan fingerprint density at radius 1 is 1.26 bits per heavy atom. The first-order valence-corrected chi connectivity index (χ1v) is 6.14. The number of hydrogen-bond acceptors (Lipinski definition) is 4. The van der Waals surface area contributed by atoms with Gasteiger partial charge in [-0.05, 0) is 32.0 Å². The minimum absolute atomic E-state index is 0.00610. The third kappa shape index (κ3) is 4.52. The van der Waals surface area contributed by atoms with Gasteiger partial charge in [-0.15, -0.1) is 0 Å². The number of ether oxygens (including phenoxy) is 2. The fraction of sp³-hybridized carbons (Fsp3) is 0.500. The van der Waals surface area contributed by atoms with Gasteiger partial charge in [0.2, 0.25) is 6.29 Å². The van der Waals surface area contributed by atoms with Crippen LogP contribution in [-0.4, -0.2) is 18.4 Å². The standard InChI is InChI=1S/C14H19FO4/c1-8(2)14(18-9(3)4)19-12-7-10(13(16)17)5-6-11(12)15/h5-9,14H,1-4H3,(H,16,17)/p-1. The maximum atomic E-state index is 13.6. The maximum Gasteiger partial charge on any atom is 0.202 e. The molecular weight excluding hydrogens is 251 g/mol. The second-order valence-electron chi connectivity index (χ2n) is 4.85. The van der Waals surface area contributed by atoms with E-state index in [1.54, 1.807) is 0 Å². The molecule has 1 aromatic rings. The fourth-order valence-corrected chi connectivity index (χ4v) is 1.44. The summed E-state index contributed by atoms with van der Waals surface area (Å²) in [5, 5.41) is 10.7. The van der Waals surface area contributed by atoms with Crippen molar-refractivity contribution in [1.29, 1.82) is 0 Å². The fourth-order valence-electron chi connectivity index (χ4n) is 1.44. The van der Waals surface area contributed by atoms with E-state index in [1.807, 2.05) is 27.7 Å². The van der Waals surface area contributed by atoms with E-state index >= 15 is 0 Å². The normalized spacial score (nSPS) is 12.8. The number of aromatic carboxylic acids is 1. The van der Waals surface area contributed by atoms with Gasteiger partial charge in [0.05, 0.1) is 12.1 Å². The van der Waals surface area contributed by atoms with Crippen molar-refractivity contribution in [2.24, 2.45) is 5.92 Å². The first-order valence-electron chi connectivity index (χ1n) is 6.14. The quantitative estimate of drug-likeness (QED) is 0.741. The van der Waals surface area contributed by atoms with Crippen molar-refractivity contribution in [3.05, 3.63) is 29.6 Å². The zero-order chi connectivity index (χ0) is 14.6. The molecule has 0 fully saturated rings. The summed E-state index contributed by atoms with van der Waals surface area (Å²) in [6, 6.07) is 3.27. The number of carbonyl (C=O) groups excluding carboxylic acids is 1. The Bertz CT molecular complexity index is 443. The van der Waals surface area contributed by atoms with Crippen LogP contribution >= 0.6 is 0 Å². The zero-order valence-electron chi connectivity index (χ0n) is 11.5. The molecule has 19 heavy (non-hydrogen) atoms. The highest BCUT2D eigenvalue weighted by Gasteiger charge is 2.19. The van der Waals surface area contributed by atoms with Gasteiger partial charge < -0.3 is 19.4 Å². The van der Waals surface area contributed by atoms with Gasteiger partial charge in [-0.25, -0.2) is 4.39 Å². The number of carbonyl (C=O) groups is 1. The Balaban J connectivity index is 2.95. The molecule has 1 unspecified atom stereocenters. The summed E-state index contributed by atoms with van der Waals surface area (Å²) in [5.41, 5.74) is -0.136. The molecule has 0 amide bonds. The minimum atomic E-state index is -1.38. The highest BCUT2D eigenvalue weighted by Crippen LogP contribution is 2.23. The van der Waals surface area contributed by atoms with Crippen LogP contribution in [-0.2, 0) is 4.74 Å². The molecule has 0 bridgehead atoms. The molecule has 4 nitrogen and oxygen atoms in total. The molecule has 0 saturated heterocycles. The van der Waals surface area contributed by atoms with Gasteiger partial charge in [0, 0.05) is 11.5 Å². The Morgan fingerprint density at radius 2 is 1.89 bits per heavy atom. The molecule has 0 aliphatic rings. The van der Waals surface area contributed by atoms with Gasteiger partial charge in [0.1, 0.15) is 0 Å². The average Bonchev–Trinajstić information content (AvgIpc) is 2.29. The maximum absolute atomic E-state index is 13.6. The third-order valence-corrected chi connectivity index (χ3v) is 2.36. The van der Waals surface area contributed by atoms with Crippen molar-refractivity contribution in [3.63, 3.8) is 0 Å². The largest absolute Gasteiger partial charge is 0.545 e. The van der Waals surface area contributed by atoms with Gasteiger partial charge in [-0.3, -0.25) is 0 Å². The van der Waals surface area contributed by atoms with Gasteiger partial charge in [0.15, 0.2) is 11.6 Å². The van der Waals surface area contributed by atoms with Crippen molar-refractivity contribution in [2.75, 3.05) is 0 Å². The molecule has 106 valence electrons. The van der Waals surface area contributed by atoms with Crippen molar-refractivity contribution in [3.8, 4) is 5.75 Å². The molecule has 0 N–H and O–H groups in total. The van der Waals surface area contributed by atoms with Gasteiger partial charge >= 0.3 is 0 Å². The Kier molecular flexibility index (Phi) is 5.30. The third-order valence-electron chi connectivity index (χ3n) is 2.36. The van der Waals surface area contributed by atoms with Crippen LogP contribution in [0.2, 0.25) is 0 Å². The molecule has 1 aromatic carbocycles. The Morgan fingerprint density at radius 3 is 2.37 bits per heavy atom. The van der Waals surface area contributed by atoms with E-state index in [1.165, 1.54) is 0 Å². The van der Waals surface area contributed by atoms with E-state index in [-0.39, 0.29) is 23.3 Å². The average molecular weight is 269 g/mol. The first-order chi connectivity index (χ1) is 8.81. The van der Waals surface area contributed by atoms with E-state index in [2.05, 4.69) is 0 Å². The molecule has 5 heteroatoms. The lowest BCUT2D eigenvalue weighted by Gasteiger charge is -2.25. The number of benzene rings is 1. The summed E-state index contributed by atoms with van der Waals surface area (Å²) in [6.07, 6.45) is -0.730. The van der Waals surface area contributed by atoms with Crippen LogP contribution < -0.4 is 9.84 Å². The van der Waals surface area contributed by atoms with Crippen molar-refractivity contribution in [2.45, 2.75) is 40.1 Å². The predicted octanol–water partition coefficient (Wildman–Crippen LogP) is 1.98. The van der Waals surface area contributed by atoms with Gasteiger partial charge in [-0.2, -0.15) is 0 Å². The second-order valence-corrected chi connectivity index (χ2v) is 4.85. The van der Waals surface area contributed by atoms with Crippen molar-refractivity contribution in [1.82, 2.24) is 0 Å². The summed E-state index contributed by atoms with van der Waals surface area (Å²) in [4.78, 5) is 10.7. The van der Waals surface area contributed by atoms with Crippen molar-refractivity contribution >= 4 is 5.97 Å². The van der Waals surface area contributed by atoms with Crippen LogP contribution in [0, 0.1) is 11.7 Å². The van der Waals surface area contributed by atoms with Gasteiger partial charge in [-0.1, -0.05) is 13.8 Å². The van der Waals surface area contributed by atoms with E-state index in [0.29, 0.717) is 0 Å². The lowest BCUT2D eigenvalue weighted by molar-refractivity contribution is -0.255. The smallest absolute Gasteiger partial charge is 0.202 e. The van der Waals surface area contributed by atoms with E-state index in [4.69, 9.17) is 9.47 Å². The number of carboxylic acids is 1. The molecule has 0 saturated carbocycles. The second kappa shape index (κ2) is 6.52. The zero-order valence-corrected chi connectivity index (χ0v) is 11.5. The topological polar surface area (TPSA) is 58.6 Å². The summed E-state index contributed by atoms with van der Waals surface area (Å²) < 4.78 is 24.5. The van der Waals surface area contributed by atoms with Crippen LogP contribution in [0.3, 0.4) is 0 Å². The number of carboxylic acid groups (broad SMARTS) is 1. The van der Waals surface area contributed by atoms with Crippen molar-refractivity contribution < 1.29 is 23.8 Å². The number of hydrogen-bond donors (Lipinski definition) is 0. The SMILES string of the molecule is CC(C)OC(Oc1cc(C(=O)[O-])ccc1F)C(C)C. The predicted molar refractivity (Wildman–Crippen MR) is 66.2 cm³/mol. The summed E-state index contributed by atoms with van der Waals surface area (Å²) in [6.45, 7) is 7.42. The van der Waals surface area contributed by atoms with E-state index < -0.39 is 18.1 Å². The lowest BCUT2D eigenvalue weighted by Crippen LogP contribution is -2.30. The Hall–Kier alpha value is -1.62. The van der Waals surface area contributed by atoms with Crippen LogP contribution in [0.1, 0.15) is 38.1 Å². The molecular formula is C14H18FO4-.